The summed E-state index contributed by atoms with van der Waals surface area (Å²) in [6.07, 6.45) is 12.2. The third kappa shape index (κ3) is 6.04. The number of nitrogens with two attached hydrogens (primary N) is 1. The van der Waals surface area contributed by atoms with Crippen LogP contribution in [0.3, 0.4) is 0 Å². The van der Waals surface area contributed by atoms with Crippen LogP contribution in [0.15, 0.2) is 15.9 Å². The Labute approximate surface area is 166 Å². The van der Waals surface area contributed by atoms with Gasteiger partial charge < -0.3 is 15.6 Å². The molecule has 28 heavy (non-hydrogen) atoms. The molecule has 0 aromatic carbocycles. The average Bonchev–Trinajstić information content (AvgIpc) is 3.08. The van der Waals surface area contributed by atoms with Gasteiger partial charge in [-0.1, -0.05) is 44.9 Å². The lowest BCUT2D eigenvalue weighted by Crippen LogP contribution is -2.39. The predicted molar refractivity (Wildman–Crippen MR) is 114 cm³/mol. The molecular weight excluding hydrogens is 356 g/mol. The number of unbranched alkanes of at least 4 members (excludes halogenated alkanes) is 8. The van der Waals surface area contributed by atoms with E-state index in [2.05, 4.69) is 10.3 Å². The van der Waals surface area contributed by atoms with Gasteiger partial charge in [-0.2, -0.15) is 0 Å². The van der Waals surface area contributed by atoms with Crippen molar-refractivity contribution < 1.29 is 0 Å². The number of aryl methyl sites for hydroxylation is 2. The summed E-state index contributed by atoms with van der Waals surface area (Å²) in [6, 6.07) is 0. The molecule has 0 aliphatic rings. The molecule has 0 amide bonds. The maximum atomic E-state index is 12.6. The molecule has 0 radical (unpaired) electrons. The minimum atomic E-state index is -0.280. The number of nitrogens with zero attached hydrogens (tertiary/aromatic N) is 4. The van der Waals surface area contributed by atoms with Gasteiger partial charge in [0, 0.05) is 33.7 Å². The number of fused-ring (bicyclic) bond motifs is 1. The maximum absolute atomic E-state index is 12.6. The highest BCUT2D eigenvalue weighted by atomic mass is 16.2. The van der Waals surface area contributed by atoms with Crippen molar-refractivity contribution in [3.63, 3.8) is 0 Å². The highest BCUT2D eigenvalue weighted by molar-refractivity contribution is 5.69. The lowest BCUT2D eigenvalue weighted by atomic mass is 10.1. The van der Waals surface area contributed by atoms with E-state index >= 15 is 0 Å². The Hall–Kier alpha value is -1.93. The third-order valence-electron chi connectivity index (χ3n) is 5.26. The normalized spacial score (nSPS) is 11.5. The number of rotatable bonds is 14. The molecule has 2 aromatic heterocycles. The van der Waals surface area contributed by atoms with E-state index in [1.807, 2.05) is 0 Å². The van der Waals surface area contributed by atoms with Gasteiger partial charge in [0.25, 0.3) is 5.56 Å². The van der Waals surface area contributed by atoms with E-state index in [9.17, 15) is 9.59 Å². The molecule has 0 bridgehead atoms. The first kappa shape index (κ1) is 22.4. The van der Waals surface area contributed by atoms with E-state index in [4.69, 9.17) is 5.73 Å². The molecule has 3 N–H and O–H groups in total. The zero-order chi connectivity index (χ0) is 20.4. The Bertz CT molecular complexity index is 836. The molecular formula is C20H36N6O2. The van der Waals surface area contributed by atoms with E-state index in [1.54, 1.807) is 25.0 Å². The quantitative estimate of drug-likeness (QED) is 0.475. The van der Waals surface area contributed by atoms with Gasteiger partial charge in [-0.25, -0.2) is 9.78 Å². The second-order valence-corrected chi connectivity index (χ2v) is 7.55. The second-order valence-electron chi connectivity index (χ2n) is 7.55. The van der Waals surface area contributed by atoms with Gasteiger partial charge in [0.1, 0.15) is 0 Å². The van der Waals surface area contributed by atoms with Crippen molar-refractivity contribution in [1.29, 1.82) is 0 Å². The molecule has 2 aromatic rings. The fourth-order valence-electron chi connectivity index (χ4n) is 3.58. The van der Waals surface area contributed by atoms with Gasteiger partial charge in [0.15, 0.2) is 11.2 Å². The van der Waals surface area contributed by atoms with Gasteiger partial charge in [0.05, 0.1) is 6.33 Å². The topological polar surface area (TPSA) is 99.9 Å². The van der Waals surface area contributed by atoms with Crippen LogP contribution in [-0.4, -0.2) is 38.3 Å². The van der Waals surface area contributed by atoms with E-state index in [0.29, 0.717) is 24.3 Å². The maximum Gasteiger partial charge on any atom is 0.332 e. The number of hydrogen-bond donors (Lipinski definition) is 2. The summed E-state index contributed by atoms with van der Waals surface area (Å²) in [6.45, 7) is 3.17. The molecule has 0 saturated heterocycles. The first-order chi connectivity index (χ1) is 13.6. The van der Waals surface area contributed by atoms with Crippen molar-refractivity contribution in [1.82, 2.24) is 24.0 Å². The summed E-state index contributed by atoms with van der Waals surface area (Å²) in [5.41, 5.74) is 5.85. The van der Waals surface area contributed by atoms with Crippen molar-refractivity contribution in [2.24, 2.45) is 19.8 Å². The van der Waals surface area contributed by atoms with Crippen molar-refractivity contribution in [3.05, 3.63) is 27.2 Å². The zero-order valence-corrected chi connectivity index (χ0v) is 17.5. The first-order valence-electron chi connectivity index (χ1n) is 10.6. The minimum Gasteiger partial charge on any atom is -0.329 e. The van der Waals surface area contributed by atoms with Gasteiger partial charge in [0.2, 0.25) is 0 Å². The monoisotopic (exact) mass is 392 g/mol. The third-order valence-corrected chi connectivity index (χ3v) is 5.26. The number of aromatic nitrogens is 4. The SMILES string of the molecule is Cn1cnc2c1c(=O)n(CCCCCCCCCCCNCCN)c(=O)n2C. The molecule has 0 unspecified atom stereocenters. The highest BCUT2D eigenvalue weighted by Gasteiger charge is 2.14. The summed E-state index contributed by atoms with van der Waals surface area (Å²) in [4.78, 5) is 29.2. The molecule has 0 saturated carbocycles. The van der Waals surface area contributed by atoms with Crippen molar-refractivity contribution in [3.8, 4) is 0 Å². The average molecular weight is 393 g/mol. The van der Waals surface area contributed by atoms with Crippen LogP contribution < -0.4 is 22.3 Å². The largest absolute Gasteiger partial charge is 0.332 e. The fraction of sp³-hybridized carbons (Fsp3) is 0.750. The molecule has 0 aliphatic carbocycles. The van der Waals surface area contributed by atoms with Crippen molar-refractivity contribution in [2.45, 2.75) is 64.3 Å². The van der Waals surface area contributed by atoms with E-state index < -0.39 is 0 Å². The summed E-state index contributed by atoms with van der Waals surface area (Å²) in [5, 5.41) is 3.32. The molecule has 0 atom stereocenters. The highest BCUT2D eigenvalue weighted by Crippen LogP contribution is 2.10. The Morgan fingerprint density at radius 2 is 1.54 bits per heavy atom. The summed E-state index contributed by atoms with van der Waals surface area (Å²) >= 11 is 0. The Morgan fingerprint density at radius 1 is 0.929 bits per heavy atom. The summed E-state index contributed by atoms with van der Waals surface area (Å²) in [7, 11) is 3.45. The Balaban J connectivity index is 1.64. The zero-order valence-electron chi connectivity index (χ0n) is 17.5. The fourth-order valence-corrected chi connectivity index (χ4v) is 3.58. The van der Waals surface area contributed by atoms with Crippen LogP contribution in [0.25, 0.3) is 11.2 Å². The molecule has 8 heteroatoms. The minimum absolute atomic E-state index is 0.237. The van der Waals surface area contributed by atoms with Crippen molar-refractivity contribution >= 4 is 11.2 Å². The van der Waals surface area contributed by atoms with Crippen LogP contribution in [0.5, 0.6) is 0 Å². The van der Waals surface area contributed by atoms with Crippen LogP contribution >= 0.6 is 0 Å². The molecule has 8 nitrogen and oxygen atoms in total. The van der Waals surface area contributed by atoms with E-state index in [0.717, 1.165) is 32.4 Å². The van der Waals surface area contributed by atoms with Gasteiger partial charge in [-0.05, 0) is 19.4 Å². The van der Waals surface area contributed by atoms with Gasteiger partial charge in [-0.15, -0.1) is 0 Å². The standard InChI is InChI=1S/C20H36N6O2/c1-24-16-23-18-17(24)19(27)26(20(28)25(18)2)15-11-9-7-5-3-4-6-8-10-13-22-14-12-21/h16,22H,3-15,21H2,1-2H3. The summed E-state index contributed by atoms with van der Waals surface area (Å²) in [5.74, 6) is 0. The molecule has 0 fully saturated rings. The smallest absolute Gasteiger partial charge is 0.329 e. The second kappa shape index (κ2) is 11.8. The number of imidazole rings is 1. The first-order valence-corrected chi connectivity index (χ1v) is 10.6. The van der Waals surface area contributed by atoms with Crippen LogP contribution in [0, 0.1) is 0 Å². The van der Waals surface area contributed by atoms with Crippen LogP contribution in [0.1, 0.15) is 57.8 Å². The predicted octanol–water partition coefficient (Wildman–Crippen LogP) is 1.49. The van der Waals surface area contributed by atoms with Crippen molar-refractivity contribution in [2.75, 3.05) is 19.6 Å². The molecule has 0 spiro atoms. The number of nitrogens with one attached hydrogen (secondary N) is 1. The molecule has 0 aliphatic heterocycles. The van der Waals surface area contributed by atoms with Gasteiger partial charge in [-0.3, -0.25) is 13.9 Å². The van der Waals surface area contributed by atoms with E-state index in [-0.39, 0.29) is 11.2 Å². The lowest BCUT2D eigenvalue weighted by Gasteiger charge is -2.08. The Kier molecular flexibility index (Phi) is 9.43. The van der Waals surface area contributed by atoms with Crippen LogP contribution in [0.4, 0.5) is 0 Å². The van der Waals surface area contributed by atoms with Crippen LogP contribution in [0.2, 0.25) is 0 Å². The lowest BCUT2D eigenvalue weighted by molar-refractivity contribution is 0.513. The molecule has 158 valence electrons. The van der Waals surface area contributed by atoms with Crippen LogP contribution in [-0.2, 0) is 20.6 Å². The molecule has 2 heterocycles. The number of hydrogen-bond acceptors (Lipinski definition) is 5. The van der Waals surface area contributed by atoms with E-state index in [1.165, 1.54) is 47.7 Å². The molecule has 2 rings (SSSR count). The van der Waals surface area contributed by atoms with Gasteiger partial charge >= 0.3 is 5.69 Å². The Morgan fingerprint density at radius 3 is 2.18 bits per heavy atom. The summed E-state index contributed by atoms with van der Waals surface area (Å²) < 4.78 is 4.49.